The van der Waals surface area contributed by atoms with E-state index >= 15 is 0 Å². The number of aromatic hydroxyl groups is 2. The number of methoxy groups -OCH3 is 1. The van der Waals surface area contributed by atoms with E-state index in [9.17, 15) is 29.9 Å². The molecule has 0 radical (unpaired) electrons. The number of rotatable bonds is 12. The lowest BCUT2D eigenvalue weighted by atomic mass is 10.0. The first kappa shape index (κ1) is 33.5. The summed E-state index contributed by atoms with van der Waals surface area (Å²) in [5, 5.41) is 48.7. The average molecular weight is 697 g/mol. The van der Waals surface area contributed by atoms with Crippen LogP contribution in [0.1, 0.15) is 28.0 Å². The van der Waals surface area contributed by atoms with Gasteiger partial charge < -0.3 is 29.4 Å². The van der Waals surface area contributed by atoms with Crippen LogP contribution < -0.4 is 10.1 Å². The van der Waals surface area contributed by atoms with E-state index in [4.69, 9.17) is 14.3 Å². The number of benzene rings is 4. The second-order valence-corrected chi connectivity index (χ2v) is 11.7. The zero-order valence-electron chi connectivity index (χ0n) is 26.5. The molecule has 16 heteroatoms. The van der Waals surface area contributed by atoms with Gasteiger partial charge in [0.25, 0.3) is 16.8 Å². The van der Waals surface area contributed by atoms with E-state index in [-0.39, 0.29) is 64.2 Å². The molecule has 15 nitrogen and oxygen atoms in total. The number of aromatic nitrogens is 4. The summed E-state index contributed by atoms with van der Waals surface area (Å²) in [6, 6.07) is 20.3. The van der Waals surface area contributed by atoms with Crippen LogP contribution in [0.25, 0.3) is 27.9 Å². The summed E-state index contributed by atoms with van der Waals surface area (Å²) in [7, 11) is 1.25. The number of nitrogens with one attached hydrogen (secondary N) is 1. The number of non-ortho nitro benzene ring substituents is 1. The van der Waals surface area contributed by atoms with Gasteiger partial charge in [-0.05, 0) is 49.4 Å². The van der Waals surface area contributed by atoms with Crippen molar-refractivity contribution in [1.82, 2.24) is 25.3 Å². The van der Waals surface area contributed by atoms with Gasteiger partial charge in [-0.1, -0.05) is 36.0 Å². The van der Waals surface area contributed by atoms with Gasteiger partial charge in [0.05, 0.1) is 35.4 Å². The lowest BCUT2D eigenvalue weighted by Gasteiger charge is -2.16. The van der Waals surface area contributed by atoms with Gasteiger partial charge in [0.2, 0.25) is 11.8 Å². The van der Waals surface area contributed by atoms with E-state index in [2.05, 4.69) is 20.3 Å². The van der Waals surface area contributed by atoms with Crippen LogP contribution in [0.2, 0.25) is 0 Å². The Balaban J connectivity index is 1.39. The maximum atomic E-state index is 13.2. The molecule has 0 saturated heterocycles. The van der Waals surface area contributed by atoms with Crippen LogP contribution in [0.15, 0.2) is 88.5 Å². The standard InChI is InChI=1S/C34H28N6O9S/c1-19-27(18-50-34-37-36-32(49-34)20-7-13-23(41)14-8-20)33(39(38-19)21-9-11-22(12-10-21)40(45)46)48-28-17-26(31(44)35-16-15-29(42)47-2)30(43)25-6-4-3-5-24(25)28/h3-14,17,41,43H,15-16,18H2,1-2H3,(H,35,44). The van der Waals surface area contributed by atoms with Gasteiger partial charge in [-0.3, -0.25) is 19.7 Å². The SMILES string of the molecule is COC(=O)CCNC(=O)c1cc(Oc2c(CSc3nnc(-c4ccc(O)cc4)o3)c(C)nn2-c2ccc([N+](=O)[O-])cc2)c2ccccc2c1O. The summed E-state index contributed by atoms with van der Waals surface area (Å²) >= 11 is 1.22. The number of esters is 1. The van der Waals surface area contributed by atoms with E-state index in [1.807, 2.05) is 0 Å². The Bertz CT molecular complexity index is 2220. The second kappa shape index (κ2) is 14.4. The molecule has 0 saturated carbocycles. The zero-order chi connectivity index (χ0) is 35.4. The molecule has 6 aromatic rings. The van der Waals surface area contributed by atoms with Crippen LogP contribution >= 0.6 is 11.8 Å². The Morgan fingerprint density at radius 2 is 1.74 bits per heavy atom. The van der Waals surface area contributed by atoms with Crippen molar-refractivity contribution in [2.24, 2.45) is 0 Å². The number of phenolic OH excluding ortho intramolecular Hbond substituents is 2. The third kappa shape index (κ3) is 7.05. The fourth-order valence-electron chi connectivity index (χ4n) is 4.99. The molecule has 0 aliphatic rings. The topological polar surface area (TPSA) is 205 Å². The first-order chi connectivity index (χ1) is 24.1. The first-order valence-electron chi connectivity index (χ1n) is 15.0. The maximum absolute atomic E-state index is 13.2. The summed E-state index contributed by atoms with van der Waals surface area (Å²) in [5.41, 5.74) is 2.06. The number of ether oxygens (including phenoxy) is 2. The molecule has 0 atom stereocenters. The van der Waals surface area contributed by atoms with Crippen molar-refractivity contribution in [2.45, 2.75) is 24.3 Å². The highest BCUT2D eigenvalue weighted by Gasteiger charge is 2.24. The van der Waals surface area contributed by atoms with Gasteiger partial charge in [0.1, 0.15) is 17.2 Å². The molecule has 254 valence electrons. The number of nitro groups is 1. The molecular formula is C34H28N6O9S. The van der Waals surface area contributed by atoms with Crippen LogP contribution in [0, 0.1) is 17.0 Å². The summed E-state index contributed by atoms with van der Waals surface area (Å²) in [6.07, 6.45) is -0.0643. The van der Waals surface area contributed by atoms with Crippen LogP contribution in [-0.4, -0.2) is 60.6 Å². The normalized spacial score (nSPS) is 11.0. The number of hydrogen-bond acceptors (Lipinski definition) is 13. The smallest absolute Gasteiger partial charge is 0.307 e. The van der Waals surface area contributed by atoms with Crippen LogP contribution in [0.4, 0.5) is 5.69 Å². The summed E-state index contributed by atoms with van der Waals surface area (Å²) in [6.45, 7) is 1.75. The Hall–Kier alpha value is -6.42. The molecule has 0 fully saturated rings. The molecule has 1 amide bonds. The number of fused-ring (bicyclic) bond motifs is 1. The molecule has 50 heavy (non-hydrogen) atoms. The molecule has 2 aromatic heterocycles. The highest BCUT2D eigenvalue weighted by Crippen LogP contribution is 2.41. The van der Waals surface area contributed by atoms with Crippen molar-refractivity contribution in [3.63, 3.8) is 0 Å². The minimum atomic E-state index is -0.640. The van der Waals surface area contributed by atoms with Gasteiger partial charge in [0, 0.05) is 46.3 Å². The Morgan fingerprint density at radius 1 is 1.02 bits per heavy atom. The number of hydrogen-bond donors (Lipinski definition) is 3. The third-order valence-electron chi connectivity index (χ3n) is 7.57. The number of carbonyl (C=O) groups is 2. The van der Waals surface area contributed by atoms with Crippen molar-refractivity contribution in [1.29, 1.82) is 0 Å². The number of amides is 1. The van der Waals surface area contributed by atoms with Gasteiger partial charge >= 0.3 is 5.97 Å². The van der Waals surface area contributed by atoms with Crippen molar-refractivity contribution in [3.05, 3.63) is 106 Å². The molecule has 0 bridgehead atoms. The lowest BCUT2D eigenvalue weighted by molar-refractivity contribution is -0.384. The quantitative estimate of drug-likeness (QED) is 0.0575. The minimum absolute atomic E-state index is 0.0222. The van der Waals surface area contributed by atoms with E-state index in [0.29, 0.717) is 33.3 Å². The van der Waals surface area contributed by atoms with Gasteiger partial charge in [-0.15, -0.1) is 10.2 Å². The number of nitrogens with zero attached hydrogens (tertiary/aromatic N) is 5. The van der Waals surface area contributed by atoms with E-state index < -0.39 is 16.8 Å². The largest absolute Gasteiger partial charge is 0.508 e. The van der Waals surface area contributed by atoms with Crippen molar-refractivity contribution in [2.75, 3.05) is 13.7 Å². The summed E-state index contributed by atoms with van der Waals surface area (Å²) in [4.78, 5) is 35.6. The monoisotopic (exact) mass is 696 g/mol. The molecule has 0 aliphatic carbocycles. The van der Waals surface area contributed by atoms with E-state index in [1.165, 1.54) is 66.0 Å². The van der Waals surface area contributed by atoms with Gasteiger partial charge in [-0.2, -0.15) is 5.10 Å². The fraction of sp³-hybridized carbons (Fsp3) is 0.147. The average Bonchev–Trinajstić information content (AvgIpc) is 3.72. The molecule has 3 N–H and O–H groups in total. The molecule has 6 rings (SSSR count). The van der Waals surface area contributed by atoms with Gasteiger partial charge in [-0.25, -0.2) is 4.68 Å². The molecule has 0 spiro atoms. The Morgan fingerprint density at radius 3 is 2.44 bits per heavy atom. The summed E-state index contributed by atoms with van der Waals surface area (Å²) < 4.78 is 18.6. The minimum Gasteiger partial charge on any atom is -0.508 e. The van der Waals surface area contributed by atoms with Crippen LogP contribution in [-0.2, 0) is 15.3 Å². The van der Waals surface area contributed by atoms with E-state index in [1.54, 1.807) is 43.3 Å². The van der Waals surface area contributed by atoms with Crippen LogP contribution in [0.3, 0.4) is 0 Å². The highest BCUT2D eigenvalue weighted by molar-refractivity contribution is 7.98. The predicted molar refractivity (Wildman–Crippen MR) is 181 cm³/mol. The van der Waals surface area contributed by atoms with Gasteiger partial charge in [0.15, 0.2) is 0 Å². The predicted octanol–water partition coefficient (Wildman–Crippen LogP) is 6.08. The third-order valence-corrected chi connectivity index (χ3v) is 8.42. The number of aryl methyl sites for hydroxylation is 1. The van der Waals surface area contributed by atoms with E-state index in [0.717, 1.165) is 0 Å². The molecule has 4 aromatic carbocycles. The Kier molecular flexibility index (Phi) is 9.62. The van der Waals surface area contributed by atoms with Crippen molar-refractivity contribution >= 4 is 40.1 Å². The number of phenols is 2. The van der Waals surface area contributed by atoms with Crippen LogP contribution in [0.5, 0.6) is 23.1 Å². The first-order valence-corrected chi connectivity index (χ1v) is 16.0. The number of thioether (sulfide) groups is 1. The van der Waals surface area contributed by atoms with Crippen molar-refractivity contribution < 1.29 is 38.6 Å². The number of carbonyl (C=O) groups excluding carboxylic acids is 2. The zero-order valence-corrected chi connectivity index (χ0v) is 27.3. The highest BCUT2D eigenvalue weighted by atomic mass is 32.2. The van der Waals surface area contributed by atoms with Crippen molar-refractivity contribution in [3.8, 4) is 40.3 Å². The fourth-order valence-corrected chi connectivity index (χ4v) is 5.82. The lowest BCUT2D eigenvalue weighted by Crippen LogP contribution is -2.26. The molecule has 0 aliphatic heterocycles. The maximum Gasteiger partial charge on any atom is 0.307 e. The molecule has 2 heterocycles. The molecule has 0 unspecified atom stereocenters. The summed E-state index contributed by atoms with van der Waals surface area (Å²) in [5.74, 6) is -0.386. The Labute approximate surface area is 287 Å². The second-order valence-electron chi connectivity index (χ2n) is 10.8. The molecular weight excluding hydrogens is 668 g/mol. The number of nitro benzene ring substituents is 1.